The van der Waals surface area contributed by atoms with E-state index in [-0.39, 0.29) is 18.4 Å². The van der Waals surface area contributed by atoms with Gasteiger partial charge in [-0.25, -0.2) is 5.43 Å². The summed E-state index contributed by atoms with van der Waals surface area (Å²) in [7, 11) is 0. The molecule has 0 aromatic carbocycles. The summed E-state index contributed by atoms with van der Waals surface area (Å²) in [5, 5.41) is 3.37. The minimum atomic E-state index is -0.0269. The zero-order chi connectivity index (χ0) is 13.0. The summed E-state index contributed by atoms with van der Waals surface area (Å²) in [6.07, 6.45) is 4.51. The topological polar surface area (TPSA) is 91.4 Å². The van der Waals surface area contributed by atoms with E-state index in [4.69, 9.17) is 11.5 Å². The number of likely N-dealkylation sites (tertiary alicyclic amines) is 1. The molecule has 0 aromatic heterocycles. The van der Waals surface area contributed by atoms with E-state index in [0.29, 0.717) is 6.04 Å². The molecule has 106 valence electrons. The Balaban J connectivity index is 1.56. The molecule has 0 amide bonds. The predicted molar refractivity (Wildman–Crippen MR) is 73.5 cm³/mol. The molecule has 3 unspecified atom stereocenters. The maximum absolute atomic E-state index is 6.12. The fourth-order valence-electron chi connectivity index (χ4n) is 2.55. The summed E-state index contributed by atoms with van der Waals surface area (Å²) in [5.74, 6) is 0. The summed E-state index contributed by atoms with van der Waals surface area (Å²) in [4.78, 5) is 2.45. The van der Waals surface area contributed by atoms with Gasteiger partial charge in [-0.3, -0.25) is 10.7 Å². The van der Waals surface area contributed by atoms with Crippen LogP contribution >= 0.6 is 0 Å². The number of hydrogen-bond acceptors (Lipinski definition) is 6. The van der Waals surface area contributed by atoms with Crippen LogP contribution in [0.2, 0.25) is 0 Å². The van der Waals surface area contributed by atoms with Gasteiger partial charge in [0.25, 0.3) is 0 Å². The Morgan fingerprint density at radius 2 is 2.11 bits per heavy atom. The van der Waals surface area contributed by atoms with Crippen LogP contribution in [0.1, 0.15) is 32.6 Å². The van der Waals surface area contributed by atoms with Gasteiger partial charge < -0.3 is 16.4 Å². The molecular formula is C12H28N6. The maximum atomic E-state index is 6.12. The van der Waals surface area contributed by atoms with Gasteiger partial charge in [0.2, 0.25) is 0 Å². The minimum absolute atomic E-state index is 0.0269. The van der Waals surface area contributed by atoms with Crippen LogP contribution in [0.4, 0.5) is 0 Å². The van der Waals surface area contributed by atoms with Gasteiger partial charge in [-0.15, -0.1) is 0 Å². The van der Waals surface area contributed by atoms with Crippen molar-refractivity contribution in [1.82, 2.24) is 21.1 Å². The minimum Gasteiger partial charge on any atom is -0.328 e. The van der Waals surface area contributed by atoms with E-state index >= 15 is 0 Å². The Bertz CT molecular complexity index is 245. The molecular weight excluding hydrogens is 228 g/mol. The first kappa shape index (κ1) is 14.2. The van der Waals surface area contributed by atoms with Gasteiger partial charge in [0.1, 0.15) is 0 Å². The Kier molecular flexibility index (Phi) is 5.35. The average Bonchev–Trinajstić information content (AvgIpc) is 2.61. The van der Waals surface area contributed by atoms with Gasteiger partial charge >= 0.3 is 0 Å². The Hall–Kier alpha value is -0.240. The lowest BCUT2D eigenvalue weighted by Crippen LogP contribution is -2.52. The third-order valence-electron chi connectivity index (χ3n) is 3.83. The Morgan fingerprint density at radius 3 is 2.67 bits per heavy atom. The Labute approximate surface area is 110 Å². The van der Waals surface area contributed by atoms with Gasteiger partial charge in [0.15, 0.2) is 0 Å². The van der Waals surface area contributed by atoms with Crippen LogP contribution in [-0.2, 0) is 0 Å². The summed E-state index contributed by atoms with van der Waals surface area (Å²) < 4.78 is 0. The lowest BCUT2D eigenvalue weighted by atomic mass is 10.1. The van der Waals surface area contributed by atoms with Gasteiger partial charge in [-0.05, 0) is 52.2 Å². The van der Waals surface area contributed by atoms with E-state index in [1.807, 2.05) is 0 Å². The summed E-state index contributed by atoms with van der Waals surface area (Å²) in [6.45, 7) is 5.76. The third-order valence-corrected chi connectivity index (χ3v) is 3.83. The highest BCUT2D eigenvalue weighted by atomic mass is 15.5. The molecule has 4 atom stereocenters. The van der Waals surface area contributed by atoms with Crippen LogP contribution in [0.3, 0.4) is 0 Å². The molecule has 2 fully saturated rings. The first-order valence-electron chi connectivity index (χ1n) is 7.14. The van der Waals surface area contributed by atoms with Crippen molar-refractivity contribution < 1.29 is 0 Å². The van der Waals surface area contributed by atoms with Crippen molar-refractivity contribution in [3.05, 3.63) is 0 Å². The molecule has 0 spiro atoms. The van der Waals surface area contributed by atoms with Crippen molar-refractivity contribution >= 4 is 0 Å². The molecule has 18 heavy (non-hydrogen) atoms. The molecule has 2 saturated heterocycles. The summed E-state index contributed by atoms with van der Waals surface area (Å²) in [5.41, 5.74) is 18.6. The van der Waals surface area contributed by atoms with Crippen LogP contribution in [0.5, 0.6) is 0 Å². The van der Waals surface area contributed by atoms with Crippen molar-refractivity contribution in [2.24, 2.45) is 11.5 Å². The van der Waals surface area contributed by atoms with Crippen molar-refractivity contribution in [3.63, 3.8) is 0 Å². The van der Waals surface area contributed by atoms with E-state index in [0.717, 1.165) is 25.8 Å². The highest BCUT2D eigenvalue weighted by Gasteiger charge is 2.22. The quantitative estimate of drug-likeness (QED) is 0.371. The van der Waals surface area contributed by atoms with Gasteiger partial charge in [0.05, 0.1) is 12.3 Å². The standard InChI is InChI=1S/C12H28N6/c1-9-7-12(17-16-9)15-11(14)8-10(13)3-6-18-4-2-5-18/h9-12,15-17H,2-8,13-14H2,1H3/t9?,10?,11-,12?/m1/s1. The van der Waals surface area contributed by atoms with Gasteiger partial charge in [-0.1, -0.05) is 0 Å². The zero-order valence-electron chi connectivity index (χ0n) is 11.4. The highest BCUT2D eigenvalue weighted by Crippen LogP contribution is 2.08. The van der Waals surface area contributed by atoms with E-state index in [9.17, 15) is 0 Å². The fourth-order valence-corrected chi connectivity index (χ4v) is 2.55. The molecule has 2 aliphatic heterocycles. The molecule has 2 rings (SSSR count). The molecule has 2 heterocycles. The fraction of sp³-hybridized carbons (Fsp3) is 1.00. The number of rotatable bonds is 7. The van der Waals surface area contributed by atoms with Crippen molar-refractivity contribution in [1.29, 1.82) is 0 Å². The first-order chi connectivity index (χ1) is 8.63. The monoisotopic (exact) mass is 256 g/mol. The predicted octanol–water partition coefficient (Wildman–Crippen LogP) is -1.11. The number of hydrogen-bond donors (Lipinski definition) is 5. The second kappa shape index (κ2) is 6.79. The lowest BCUT2D eigenvalue weighted by molar-refractivity contribution is 0.173. The van der Waals surface area contributed by atoms with E-state index in [1.165, 1.54) is 19.5 Å². The summed E-state index contributed by atoms with van der Waals surface area (Å²) in [6, 6.07) is 0.690. The number of hydrazine groups is 1. The van der Waals surface area contributed by atoms with Crippen molar-refractivity contribution in [2.45, 2.75) is 57.0 Å². The second-order valence-electron chi connectivity index (χ2n) is 5.73. The van der Waals surface area contributed by atoms with E-state index in [2.05, 4.69) is 28.0 Å². The highest BCUT2D eigenvalue weighted by molar-refractivity contribution is 4.80. The SMILES string of the molecule is CC1CC(N[C@@H](N)CC(N)CCN2CCC2)NN1. The number of nitrogens with two attached hydrogens (primary N) is 2. The third kappa shape index (κ3) is 4.46. The van der Waals surface area contributed by atoms with E-state index < -0.39 is 0 Å². The molecule has 6 nitrogen and oxygen atoms in total. The Morgan fingerprint density at radius 1 is 1.33 bits per heavy atom. The number of nitrogens with zero attached hydrogens (tertiary/aromatic N) is 1. The van der Waals surface area contributed by atoms with Crippen LogP contribution in [-0.4, -0.2) is 48.9 Å². The van der Waals surface area contributed by atoms with Crippen molar-refractivity contribution in [2.75, 3.05) is 19.6 Å². The molecule has 0 aromatic rings. The molecule has 0 bridgehead atoms. The summed E-state index contributed by atoms with van der Waals surface area (Å²) >= 11 is 0. The smallest absolute Gasteiger partial charge is 0.0731 e. The first-order valence-corrected chi connectivity index (χ1v) is 7.14. The molecule has 6 heteroatoms. The van der Waals surface area contributed by atoms with Gasteiger partial charge in [0, 0.05) is 12.1 Å². The molecule has 2 aliphatic rings. The average molecular weight is 256 g/mol. The van der Waals surface area contributed by atoms with Crippen LogP contribution in [0.15, 0.2) is 0 Å². The second-order valence-corrected chi connectivity index (χ2v) is 5.73. The van der Waals surface area contributed by atoms with Gasteiger partial charge in [-0.2, -0.15) is 0 Å². The maximum Gasteiger partial charge on any atom is 0.0731 e. The van der Waals surface area contributed by atoms with Crippen LogP contribution < -0.4 is 27.6 Å². The molecule has 0 aliphatic carbocycles. The van der Waals surface area contributed by atoms with Crippen molar-refractivity contribution in [3.8, 4) is 0 Å². The lowest BCUT2D eigenvalue weighted by Gasteiger charge is -2.32. The molecule has 0 radical (unpaired) electrons. The molecule has 7 N–H and O–H groups in total. The largest absolute Gasteiger partial charge is 0.328 e. The molecule has 0 saturated carbocycles. The normalized spacial score (nSPS) is 32.2. The number of nitrogens with one attached hydrogen (secondary N) is 3. The zero-order valence-corrected chi connectivity index (χ0v) is 11.4. The van der Waals surface area contributed by atoms with E-state index in [1.54, 1.807) is 0 Å². The van der Waals surface area contributed by atoms with Crippen LogP contribution in [0, 0.1) is 0 Å². The van der Waals surface area contributed by atoms with Crippen LogP contribution in [0.25, 0.3) is 0 Å².